The van der Waals surface area contributed by atoms with Crippen LogP contribution in [0.2, 0.25) is 0 Å². The average molecular weight is 206 g/mol. The molecule has 1 amide bonds. The summed E-state index contributed by atoms with van der Waals surface area (Å²) in [5.74, 6) is 0.0119. The number of hydrogen-bond donors (Lipinski definition) is 1. The van der Waals surface area contributed by atoms with Crippen LogP contribution in [0.25, 0.3) is 0 Å². The molecule has 80 valence electrons. The minimum absolute atomic E-state index is 0.0119. The minimum Gasteiger partial charge on any atom is -0.334 e. The van der Waals surface area contributed by atoms with E-state index >= 15 is 0 Å². The van der Waals surface area contributed by atoms with E-state index in [0.717, 1.165) is 12.8 Å². The third kappa shape index (κ3) is 2.30. The van der Waals surface area contributed by atoms with Gasteiger partial charge >= 0.3 is 0 Å². The van der Waals surface area contributed by atoms with Crippen molar-refractivity contribution in [1.82, 2.24) is 15.1 Å². The molecule has 0 saturated heterocycles. The molecule has 1 saturated carbocycles. The van der Waals surface area contributed by atoms with Crippen LogP contribution >= 0.6 is 0 Å². The number of carbonyl (C=O) groups excluding carboxylic acids is 1. The highest BCUT2D eigenvalue weighted by Gasteiger charge is 2.32. The Labute approximate surface area is 88.3 Å². The molecular formula is C10H14N4O. The summed E-state index contributed by atoms with van der Waals surface area (Å²) < 4.78 is 0. The predicted molar refractivity (Wildman–Crippen MR) is 55.1 cm³/mol. The zero-order valence-electron chi connectivity index (χ0n) is 8.47. The van der Waals surface area contributed by atoms with E-state index in [4.69, 9.17) is 5.73 Å². The summed E-state index contributed by atoms with van der Waals surface area (Å²) >= 11 is 0. The summed E-state index contributed by atoms with van der Waals surface area (Å²) in [4.78, 5) is 13.8. The van der Waals surface area contributed by atoms with Crippen molar-refractivity contribution in [2.24, 2.45) is 5.73 Å². The Morgan fingerprint density at radius 2 is 2.33 bits per heavy atom. The lowest BCUT2D eigenvalue weighted by Gasteiger charge is -2.21. The molecule has 1 aromatic rings. The van der Waals surface area contributed by atoms with Gasteiger partial charge < -0.3 is 10.6 Å². The zero-order chi connectivity index (χ0) is 10.7. The first kappa shape index (κ1) is 10.0. The van der Waals surface area contributed by atoms with E-state index < -0.39 is 0 Å². The molecule has 2 N–H and O–H groups in total. The number of hydrogen-bond acceptors (Lipinski definition) is 4. The van der Waals surface area contributed by atoms with Gasteiger partial charge in [-0.05, 0) is 18.9 Å². The van der Waals surface area contributed by atoms with Crippen molar-refractivity contribution >= 4 is 5.91 Å². The van der Waals surface area contributed by atoms with E-state index in [1.54, 1.807) is 6.07 Å². The highest BCUT2D eigenvalue weighted by molar-refractivity contribution is 5.94. The van der Waals surface area contributed by atoms with E-state index in [1.165, 1.54) is 12.4 Å². The molecule has 0 atom stereocenters. The lowest BCUT2D eigenvalue weighted by molar-refractivity contribution is 0.0747. The van der Waals surface area contributed by atoms with Gasteiger partial charge in [-0.15, -0.1) is 0 Å². The van der Waals surface area contributed by atoms with Crippen LogP contribution in [0.5, 0.6) is 0 Å². The number of aromatic nitrogens is 2. The van der Waals surface area contributed by atoms with Gasteiger partial charge in [0.1, 0.15) is 0 Å². The van der Waals surface area contributed by atoms with E-state index in [0.29, 0.717) is 24.7 Å². The zero-order valence-corrected chi connectivity index (χ0v) is 8.47. The molecule has 0 aromatic carbocycles. The van der Waals surface area contributed by atoms with Gasteiger partial charge in [0.15, 0.2) is 0 Å². The highest BCUT2D eigenvalue weighted by atomic mass is 16.2. The Hall–Kier alpha value is -1.49. The smallest absolute Gasteiger partial charge is 0.255 e. The van der Waals surface area contributed by atoms with Crippen molar-refractivity contribution in [1.29, 1.82) is 0 Å². The van der Waals surface area contributed by atoms with Crippen LogP contribution in [0.1, 0.15) is 23.2 Å². The third-order valence-corrected chi connectivity index (χ3v) is 2.45. The van der Waals surface area contributed by atoms with Crippen LogP contribution in [-0.4, -0.2) is 40.1 Å². The maximum absolute atomic E-state index is 12.0. The summed E-state index contributed by atoms with van der Waals surface area (Å²) in [7, 11) is 0. The maximum atomic E-state index is 12.0. The number of nitrogens with two attached hydrogens (primary N) is 1. The van der Waals surface area contributed by atoms with E-state index in [-0.39, 0.29) is 5.91 Å². The molecule has 0 aliphatic heterocycles. The van der Waals surface area contributed by atoms with E-state index in [9.17, 15) is 4.79 Å². The fourth-order valence-electron chi connectivity index (χ4n) is 1.56. The fraction of sp³-hybridized carbons (Fsp3) is 0.500. The summed E-state index contributed by atoms with van der Waals surface area (Å²) in [5.41, 5.74) is 6.08. The molecule has 1 aliphatic rings. The SMILES string of the molecule is NCCN(C(=O)c1ccnnc1)C1CC1. The molecule has 1 heterocycles. The Bertz CT molecular complexity index is 337. The van der Waals surface area contributed by atoms with Crippen molar-refractivity contribution in [3.8, 4) is 0 Å². The van der Waals surface area contributed by atoms with Gasteiger partial charge in [-0.3, -0.25) is 4.79 Å². The quantitative estimate of drug-likeness (QED) is 0.755. The molecule has 1 aliphatic carbocycles. The molecule has 2 rings (SSSR count). The van der Waals surface area contributed by atoms with Crippen molar-refractivity contribution in [2.75, 3.05) is 13.1 Å². The van der Waals surface area contributed by atoms with Gasteiger partial charge in [0.05, 0.1) is 18.0 Å². The van der Waals surface area contributed by atoms with Crippen molar-refractivity contribution in [3.63, 3.8) is 0 Å². The average Bonchev–Trinajstić information content (AvgIpc) is 3.10. The summed E-state index contributed by atoms with van der Waals surface area (Å²) in [5, 5.41) is 7.35. The van der Waals surface area contributed by atoms with Gasteiger partial charge in [0.25, 0.3) is 5.91 Å². The Kier molecular flexibility index (Phi) is 2.91. The summed E-state index contributed by atoms with van der Waals surface area (Å²) in [6, 6.07) is 2.07. The molecule has 0 unspecified atom stereocenters. The molecule has 1 aromatic heterocycles. The highest BCUT2D eigenvalue weighted by Crippen LogP contribution is 2.27. The first-order valence-electron chi connectivity index (χ1n) is 5.10. The number of amides is 1. The van der Waals surface area contributed by atoms with Crippen LogP contribution in [0, 0.1) is 0 Å². The summed E-state index contributed by atoms with van der Waals surface area (Å²) in [6.45, 7) is 1.12. The molecule has 0 spiro atoms. The van der Waals surface area contributed by atoms with Crippen molar-refractivity contribution in [2.45, 2.75) is 18.9 Å². The second kappa shape index (κ2) is 4.35. The van der Waals surface area contributed by atoms with Gasteiger partial charge in [0.2, 0.25) is 0 Å². The molecule has 0 radical (unpaired) electrons. The molecule has 5 nitrogen and oxygen atoms in total. The molecule has 5 heteroatoms. The van der Waals surface area contributed by atoms with Crippen molar-refractivity contribution < 1.29 is 4.79 Å². The molecule has 0 bridgehead atoms. The van der Waals surface area contributed by atoms with Crippen LogP contribution in [0.15, 0.2) is 18.5 Å². The van der Waals surface area contributed by atoms with Gasteiger partial charge in [0, 0.05) is 19.1 Å². The molecule has 15 heavy (non-hydrogen) atoms. The topological polar surface area (TPSA) is 72.1 Å². The first-order valence-corrected chi connectivity index (χ1v) is 5.10. The normalized spacial score (nSPS) is 15.0. The van der Waals surface area contributed by atoms with Gasteiger partial charge in [-0.25, -0.2) is 0 Å². The van der Waals surface area contributed by atoms with Crippen molar-refractivity contribution in [3.05, 3.63) is 24.0 Å². The monoisotopic (exact) mass is 206 g/mol. The molecule has 1 fully saturated rings. The van der Waals surface area contributed by atoms with Gasteiger partial charge in [-0.1, -0.05) is 0 Å². The fourth-order valence-corrected chi connectivity index (χ4v) is 1.56. The number of rotatable bonds is 4. The van der Waals surface area contributed by atoms with E-state index in [1.807, 2.05) is 4.90 Å². The first-order chi connectivity index (χ1) is 7.33. The largest absolute Gasteiger partial charge is 0.334 e. The Morgan fingerprint density at radius 1 is 1.53 bits per heavy atom. The number of nitrogens with zero attached hydrogens (tertiary/aromatic N) is 3. The maximum Gasteiger partial charge on any atom is 0.255 e. The lowest BCUT2D eigenvalue weighted by Crippen LogP contribution is -2.37. The minimum atomic E-state index is 0.0119. The Balaban J connectivity index is 2.10. The van der Waals surface area contributed by atoms with Gasteiger partial charge in [-0.2, -0.15) is 10.2 Å². The van der Waals surface area contributed by atoms with Crippen LogP contribution in [0.4, 0.5) is 0 Å². The van der Waals surface area contributed by atoms with Crippen LogP contribution in [0.3, 0.4) is 0 Å². The lowest BCUT2D eigenvalue weighted by atomic mass is 10.2. The predicted octanol–water partition coefficient (Wildman–Crippen LogP) is 0.0399. The molecular weight excluding hydrogens is 192 g/mol. The van der Waals surface area contributed by atoms with Crippen LogP contribution < -0.4 is 5.73 Å². The second-order valence-corrected chi connectivity index (χ2v) is 3.65. The summed E-state index contributed by atoms with van der Waals surface area (Å²) in [6.07, 6.45) is 5.20. The number of carbonyl (C=O) groups is 1. The third-order valence-electron chi connectivity index (χ3n) is 2.45. The van der Waals surface area contributed by atoms with Crippen LogP contribution in [-0.2, 0) is 0 Å². The Morgan fingerprint density at radius 3 is 2.87 bits per heavy atom. The van der Waals surface area contributed by atoms with E-state index in [2.05, 4.69) is 10.2 Å². The second-order valence-electron chi connectivity index (χ2n) is 3.65. The standard InChI is InChI=1S/C10H14N4O/c11-4-6-14(9-1-2-9)10(15)8-3-5-12-13-7-8/h3,5,7,9H,1-2,4,6,11H2.